The highest BCUT2D eigenvalue weighted by atomic mass is 16.3. The van der Waals surface area contributed by atoms with E-state index in [1.165, 1.54) is 10.0 Å². The first-order chi connectivity index (χ1) is 28.2. The van der Waals surface area contributed by atoms with Crippen LogP contribution in [0.25, 0.3) is 0 Å². The first-order valence-electron chi connectivity index (χ1n) is 19.6. The van der Waals surface area contributed by atoms with Crippen LogP contribution in [0.15, 0.2) is 132 Å². The van der Waals surface area contributed by atoms with E-state index in [2.05, 4.69) is 15.4 Å². The lowest BCUT2D eigenvalue weighted by atomic mass is 9.82. The van der Waals surface area contributed by atoms with E-state index in [9.17, 15) is 24.6 Å². The van der Waals surface area contributed by atoms with E-state index in [-0.39, 0.29) is 31.4 Å². The maximum atomic E-state index is 14.6. The average Bonchev–Trinajstić information content (AvgIpc) is 3.79. The molecule has 0 bridgehead atoms. The van der Waals surface area contributed by atoms with Gasteiger partial charge in [-0.1, -0.05) is 97.1 Å². The molecule has 0 unspecified atom stereocenters. The number of amides is 3. The summed E-state index contributed by atoms with van der Waals surface area (Å²) in [6, 6.07) is 32.1. The molecular formula is C45H44N8O5. The van der Waals surface area contributed by atoms with Crippen molar-refractivity contribution in [2.75, 3.05) is 21.5 Å². The van der Waals surface area contributed by atoms with E-state index in [4.69, 9.17) is 5.10 Å². The van der Waals surface area contributed by atoms with Gasteiger partial charge in [0.1, 0.15) is 0 Å². The highest BCUT2D eigenvalue weighted by Crippen LogP contribution is 2.47. The highest BCUT2D eigenvalue weighted by molar-refractivity contribution is 6.11. The zero-order valence-electron chi connectivity index (χ0n) is 32.2. The Balaban J connectivity index is 1.08. The number of hydrazone groups is 2. The van der Waals surface area contributed by atoms with Crippen molar-refractivity contribution in [1.82, 2.24) is 15.0 Å². The molecule has 4 aromatic carbocycles. The molecule has 13 nitrogen and oxygen atoms in total. The lowest BCUT2D eigenvalue weighted by molar-refractivity contribution is -0.139. The third-order valence-electron chi connectivity index (χ3n) is 10.9. The monoisotopic (exact) mass is 776 g/mol. The molecule has 0 aliphatic carbocycles. The van der Waals surface area contributed by atoms with Gasteiger partial charge >= 0.3 is 0 Å². The minimum Gasteiger partial charge on any atom is -0.396 e. The molecule has 3 aliphatic rings. The summed E-state index contributed by atoms with van der Waals surface area (Å²) in [5, 5.41) is 42.2. The van der Waals surface area contributed by atoms with Crippen LogP contribution in [0.4, 0.5) is 17.1 Å². The molecule has 5 aromatic rings. The van der Waals surface area contributed by atoms with Gasteiger partial charge in [0, 0.05) is 62.9 Å². The van der Waals surface area contributed by atoms with Gasteiger partial charge in [0.15, 0.2) is 5.60 Å². The average molecular weight is 777 g/mol. The third-order valence-corrected chi connectivity index (χ3v) is 10.9. The van der Waals surface area contributed by atoms with Gasteiger partial charge in [0.25, 0.3) is 5.91 Å². The molecule has 0 fully saturated rings. The molecule has 2 N–H and O–H groups in total. The van der Waals surface area contributed by atoms with E-state index in [1.807, 2.05) is 97.1 Å². The van der Waals surface area contributed by atoms with E-state index < -0.39 is 17.4 Å². The molecule has 0 spiro atoms. The molecule has 294 valence electrons. The fraction of sp³-hybridized carbons (Fsp3) is 0.267. The van der Waals surface area contributed by atoms with Crippen LogP contribution < -0.4 is 14.9 Å². The van der Waals surface area contributed by atoms with Crippen molar-refractivity contribution in [3.8, 4) is 0 Å². The van der Waals surface area contributed by atoms with Crippen LogP contribution >= 0.6 is 0 Å². The Morgan fingerprint density at radius 3 is 2.00 bits per heavy atom. The largest absolute Gasteiger partial charge is 0.396 e. The standard InChI is InChI=1S/C45H44N8O5/c1-31(10-8-9-26-50-30-35(25-27-54)46-49-50)45(58)38-28-37(53-43(56)24-21-40(48-53)34-13-6-3-7-14-34)19-22-41(38)51(44(45)57)29-32-15-17-36(18-16-32)52-42(55)23-20-39(47-52)33-11-4-2-5-12-33/h2-8,10-19,22,28,30-31,54,58H,9,20-21,23-27,29H2,1H3/b10-8+/t31-,45+/m1/s1. The van der Waals surface area contributed by atoms with Crippen molar-refractivity contribution < 1.29 is 24.6 Å². The Morgan fingerprint density at radius 2 is 1.38 bits per heavy atom. The summed E-state index contributed by atoms with van der Waals surface area (Å²) in [6.45, 7) is 2.47. The quantitative estimate of drug-likeness (QED) is 0.141. The fourth-order valence-electron chi connectivity index (χ4n) is 7.66. The predicted octanol–water partition coefficient (Wildman–Crippen LogP) is 5.89. The van der Waals surface area contributed by atoms with Crippen molar-refractivity contribution in [1.29, 1.82) is 0 Å². The number of aliphatic hydroxyl groups is 2. The number of aryl methyl sites for hydroxylation is 1. The first-order valence-corrected chi connectivity index (χ1v) is 19.6. The Bertz CT molecular complexity index is 2410. The smallest absolute Gasteiger partial charge is 0.264 e. The number of anilines is 3. The van der Waals surface area contributed by atoms with Gasteiger partial charge in [-0.3, -0.25) is 19.1 Å². The van der Waals surface area contributed by atoms with Crippen molar-refractivity contribution in [2.24, 2.45) is 16.1 Å². The molecule has 0 saturated carbocycles. The molecule has 13 heteroatoms. The maximum Gasteiger partial charge on any atom is 0.264 e. The highest BCUT2D eigenvalue weighted by Gasteiger charge is 2.53. The fourth-order valence-corrected chi connectivity index (χ4v) is 7.66. The Morgan fingerprint density at radius 1 is 0.776 bits per heavy atom. The number of hydrogen-bond acceptors (Lipinski definition) is 9. The van der Waals surface area contributed by atoms with Gasteiger partial charge in [-0.15, -0.1) is 5.10 Å². The number of carbonyl (C=O) groups is 3. The second-order valence-electron chi connectivity index (χ2n) is 14.7. The third kappa shape index (κ3) is 7.61. The first kappa shape index (κ1) is 38.3. The molecule has 8 rings (SSSR count). The van der Waals surface area contributed by atoms with Crippen molar-refractivity contribution in [3.63, 3.8) is 0 Å². The predicted molar refractivity (Wildman–Crippen MR) is 221 cm³/mol. The van der Waals surface area contributed by atoms with Crippen LogP contribution in [0.5, 0.6) is 0 Å². The number of fused-ring (bicyclic) bond motifs is 1. The number of benzene rings is 4. The Hall–Kier alpha value is -6.57. The zero-order valence-corrected chi connectivity index (χ0v) is 32.2. The van der Waals surface area contributed by atoms with E-state index in [0.717, 1.165) is 28.1 Å². The number of hydrogen-bond donors (Lipinski definition) is 2. The van der Waals surface area contributed by atoms with Crippen molar-refractivity contribution >= 4 is 46.2 Å². The second kappa shape index (κ2) is 16.5. The molecule has 58 heavy (non-hydrogen) atoms. The lowest BCUT2D eigenvalue weighted by Crippen LogP contribution is -2.44. The van der Waals surface area contributed by atoms with Gasteiger partial charge in [-0.25, -0.2) is 10.0 Å². The summed E-state index contributed by atoms with van der Waals surface area (Å²) in [7, 11) is 0. The second-order valence-corrected chi connectivity index (χ2v) is 14.7. The summed E-state index contributed by atoms with van der Waals surface area (Å²) in [4.78, 5) is 42.5. The Kier molecular flexibility index (Phi) is 10.9. The SMILES string of the molecule is C[C@H](/C=C/CCn1cc(CCO)nn1)[C@@]1(O)C(=O)N(Cc2ccc(N3N=C(c4ccccc4)CCC3=O)cc2)c2ccc(N3N=C(c4ccccc4)CCC3=O)cc21. The molecule has 0 saturated heterocycles. The summed E-state index contributed by atoms with van der Waals surface area (Å²) < 4.78 is 1.69. The molecule has 2 atom stereocenters. The van der Waals surface area contributed by atoms with Gasteiger partial charge in [0.2, 0.25) is 11.8 Å². The lowest BCUT2D eigenvalue weighted by Gasteiger charge is -2.28. The minimum absolute atomic E-state index is 0.00859. The molecule has 3 aliphatic heterocycles. The van der Waals surface area contributed by atoms with Gasteiger partial charge in [-0.2, -0.15) is 10.2 Å². The number of aromatic nitrogens is 3. The van der Waals surface area contributed by atoms with Crippen molar-refractivity contribution in [2.45, 2.75) is 64.1 Å². The van der Waals surface area contributed by atoms with E-state index in [1.54, 1.807) is 40.9 Å². The van der Waals surface area contributed by atoms with Crippen LogP contribution in [-0.4, -0.2) is 61.0 Å². The minimum atomic E-state index is -1.96. The van der Waals surface area contributed by atoms with E-state index >= 15 is 0 Å². The van der Waals surface area contributed by atoms with Gasteiger partial charge < -0.3 is 15.1 Å². The zero-order chi connectivity index (χ0) is 40.2. The molecule has 0 radical (unpaired) electrons. The van der Waals surface area contributed by atoms with Gasteiger partial charge in [0.05, 0.1) is 40.7 Å². The Labute approximate surface area is 336 Å². The van der Waals surface area contributed by atoms with Crippen LogP contribution in [0.1, 0.15) is 67.0 Å². The molecule has 4 heterocycles. The number of carbonyl (C=O) groups excluding carboxylic acids is 3. The number of rotatable bonds is 13. The van der Waals surface area contributed by atoms with Crippen LogP contribution in [0.3, 0.4) is 0 Å². The molecular weight excluding hydrogens is 733 g/mol. The number of aliphatic hydroxyl groups excluding tert-OH is 1. The topological polar surface area (TPSA) is 157 Å². The number of nitrogens with zero attached hydrogens (tertiary/aromatic N) is 8. The number of allylic oxidation sites excluding steroid dienone is 1. The van der Waals surface area contributed by atoms with Crippen LogP contribution in [-0.2, 0) is 39.5 Å². The maximum absolute atomic E-state index is 14.6. The van der Waals surface area contributed by atoms with Crippen LogP contribution in [0.2, 0.25) is 0 Å². The van der Waals surface area contributed by atoms with Gasteiger partial charge in [-0.05, 0) is 53.4 Å². The normalized spacial score (nSPS) is 18.8. The summed E-state index contributed by atoms with van der Waals surface area (Å²) in [5.41, 5.74) is 5.01. The van der Waals surface area contributed by atoms with E-state index in [0.29, 0.717) is 67.0 Å². The van der Waals surface area contributed by atoms with Crippen molar-refractivity contribution in [3.05, 3.63) is 149 Å². The summed E-state index contributed by atoms with van der Waals surface area (Å²) >= 11 is 0. The summed E-state index contributed by atoms with van der Waals surface area (Å²) in [6.07, 6.45) is 8.19. The van der Waals surface area contributed by atoms with Crippen LogP contribution in [0, 0.1) is 5.92 Å². The molecule has 1 aromatic heterocycles. The summed E-state index contributed by atoms with van der Waals surface area (Å²) in [5.74, 6) is -1.43. The molecule has 3 amide bonds.